The van der Waals surface area contributed by atoms with Crippen LogP contribution in [0.25, 0.3) is 0 Å². The van der Waals surface area contributed by atoms with E-state index in [1.807, 2.05) is 0 Å². The average molecular weight is 275 g/mol. The standard InChI is InChI=1S/C14H13NO5/c1-9-6-10(7-19-9)14(18)15-11-2-4-12(5-3-11)20-8-13(16)17/h2-7H,8H2,1H3,(H,15,18)(H,16,17). The molecule has 6 nitrogen and oxygen atoms in total. The molecule has 0 fully saturated rings. The van der Waals surface area contributed by atoms with Crippen LogP contribution in [0.15, 0.2) is 41.0 Å². The maximum absolute atomic E-state index is 11.8. The molecular weight excluding hydrogens is 262 g/mol. The Morgan fingerprint density at radius 2 is 2.00 bits per heavy atom. The quantitative estimate of drug-likeness (QED) is 0.874. The van der Waals surface area contributed by atoms with Gasteiger partial charge >= 0.3 is 5.97 Å². The summed E-state index contributed by atoms with van der Waals surface area (Å²) in [5, 5.41) is 11.2. The van der Waals surface area contributed by atoms with Crippen LogP contribution < -0.4 is 10.1 Å². The lowest BCUT2D eigenvalue weighted by atomic mass is 10.2. The van der Waals surface area contributed by atoms with E-state index in [2.05, 4.69) is 5.32 Å². The molecule has 0 aliphatic carbocycles. The molecule has 1 heterocycles. The van der Waals surface area contributed by atoms with Gasteiger partial charge in [-0.15, -0.1) is 0 Å². The topological polar surface area (TPSA) is 88.8 Å². The Bertz CT molecular complexity index is 615. The lowest BCUT2D eigenvalue weighted by Crippen LogP contribution is -2.11. The molecule has 0 aliphatic rings. The Labute approximate surface area is 115 Å². The maximum Gasteiger partial charge on any atom is 0.341 e. The SMILES string of the molecule is Cc1cc(C(=O)Nc2ccc(OCC(=O)O)cc2)co1. The number of nitrogens with one attached hydrogen (secondary N) is 1. The maximum atomic E-state index is 11.8. The third-order valence-corrected chi connectivity index (χ3v) is 2.47. The number of carboxylic acids is 1. The molecule has 0 radical (unpaired) electrons. The summed E-state index contributed by atoms with van der Waals surface area (Å²) in [6.07, 6.45) is 1.38. The number of aryl methyl sites for hydroxylation is 1. The van der Waals surface area contributed by atoms with Gasteiger partial charge in [-0.05, 0) is 37.3 Å². The van der Waals surface area contributed by atoms with Crippen molar-refractivity contribution >= 4 is 17.6 Å². The van der Waals surface area contributed by atoms with Crippen LogP contribution in [-0.4, -0.2) is 23.6 Å². The summed E-state index contributed by atoms with van der Waals surface area (Å²) in [4.78, 5) is 22.2. The second kappa shape index (κ2) is 5.92. The first-order chi connectivity index (χ1) is 9.54. The molecule has 6 heteroatoms. The second-order valence-corrected chi connectivity index (χ2v) is 4.11. The first kappa shape index (κ1) is 13.7. The summed E-state index contributed by atoms with van der Waals surface area (Å²) in [7, 11) is 0. The molecule has 0 atom stereocenters. The van der Waals surface area contributed by atoms with Crippen molar-refractivity contribution in [1.29, 1.82) is 0 Å². The number of ether oxygens (including phenoxy) is 1. The molecule has 2 rings (SSSR count). The van der Waals surface area contributed by atoms with Crippen molar-refractivity contribution in [2.24, 2.45) is 0 Å². The second-order valence-electron chi connectivity index (χ2n) is 4.11. The van der Waals surface area contributed by atoms with Crippen molar-refractivity contribution in [2.75, 3.05) is 11.9 Å². The fourth-order valence-corrected chi connectivity index (χ4v) is 1.55. The fraction of sp³-hybridized carbons (Fsp3) is 0.143. The summed E-state index contributed by atoms with van der Waals surface area (Å²) in [6.45, 7) is 1.35. The number of carbonyl (C=O) groups excluding carboxylic acids is 1. The third-order valence-electron chi connectivity index (χ3n) is 2.47. The predicted octanol–water partition coefficient (Wildman–Crippen LogP) is 2.30. The first-order valence-corrected chi connectivity index (χ1v) is 5.86. The molecule has 0 saturated heterocycles. The smallest absolute Gasteiger partial charge is 0.341 e. The van der Waals surface area contributed by atoms with E-state index in [4.69, 9.17) is 14.3 Å². The predicted molar refractivity (Wildman–Crippen MR) is 71.0 cm³/mol. The van der Waals surface area contributed by atoms with Crippen LogP contribution in [0.5, 0.6) is 5.75 Å². The Balaban J connectivity index is 1.96. The van der Waals surface area contributed by atoms with E-state index in [1.54, 1.807) is 37.3 Å². The van der Waals surface area contributed by atoms with Gasteiger partial charge in [0.1, 0.15) is 17.8 Å². The molecule has 0 saturated carbocycles. The van der Waals surface area contributed by atoms with Crippen molar-refractivity contribution in [3.8, 4) is 5.75 Å². The molecule has 1 aromatic heterocycles. The van der Waals surface area contributed by atoms with Crippen LogP contribution in [0.2, 0.25) is 0 Å². The van der Waals surface area contributed by atoms with Crippen molar-refractivity contribution in [2.45, 2.75) is 6.92 Å². The fourth-order valence-electron chi connectivity index (χ4n) is 1.55. The molecule has 104 valence electrons. The Kier molecular flexibility index (Phi) is 4.05. The minimum atomic E-state index is -1.04. The summed E-state index contributed by atoms with van der Waals surface area (Å²) in [5.74, 6) is -0.240. The number of carboxylic acid groups (broad SMARTS) is 1. The van der Waals surface area contributed by atoms with Crippen molar-refractivity contribution in [3.05, 3.63) is 47.9 Å². The third kappa shape index (κ3) is 3.61. The van der Waals surface area contributed by atoms with Crippen molar-refractivity contribution < 1.29 is 23.8 Å². The normalized spacial score (nSPS) is 10.1. The van der Waals surface area contributed by atoms with Crippen molar-refractivity contribution in [3.63, 3.8) is 0 Å². The van der Waals surface area contributed by atoms with E-state index in [9.17, 15) is 9.59 Å². The minimum absolute atomic E-state index is 0.277. The zero-order valence-electron chi connectivity index (χ0n) is 10.8. The number of rotatable bonds is 5. The number of carbonyl (C=O) groups is 2. The lowest BCUT2D eigenvalue weighted by molar-refractivity contribution is -0.139. The molecule has 20 heavy (non-hydrogen) atoms. The molecule has 0 spiro atoms. The van der Waals surface area contributed by atoms with Gasteiger partial charge in [0.15, 0.2) is 6.61 Å². The molecule has 0 bridgehead atoms. The number of anilines is 1. The van der Waals surface area contributed by atoms with E-state index in [0.717, 1.165) is 0 Å². The number of hydrogen-bond acceptors (Lipinski definition) is 4. The van der Waals surface area contributed by atoms with Crippen LogP contribution in [0.1, 0.15) is 16.1 Å². The highest BCUT2D eigenvalue weighted by molar-refractivity contribution is 6.04. The van der Waals surface area contributed by atoms with Gasteiger partial charge in [-0.2, -0.15) is 0 Å². The number of benzene rings is 1. The van der Waals surface area contributed by atoms with E-state index in [-0.39, 0.29) is 5.91 Å². The Morgan fingerprint density at radius 3 is 2.55 bits per heavy atom. The molecular formula is C14H13NO5. The Hall–Kier alpha value is -2.76. The molecule has 0 aliphatic heterocycles. The van der Waals surface area contributed by atoms with Gasteiger partial charge in [-0.3, -0.25) is 4.79 Å². The molecule has 2 N–H and O–H groups in total. The number of amides is 1. The monoisotopic (exact) mass is 275 g/mol. The number of furan rings is 1. The number of aliphatic carboxylic acids is 1. The summed E-state index contributed by atoms with van der Waals surface area (Å²) >= 11 is 0. The zero-order chi connectivity index (χ0) is 14.5. The van der Waals surface area contributed by atoms with Gasteiger partial charge in [-0.25, -0.2) is 4.79 Å². The van der Waals surface area contributed by atoms with Crippen LogP contribution in [0.3, 0.4) is 0 Å². The zero-order valence-corrected chi connectivity index (χ0v) is 10.8. The van der Waals surface area contributed by atoms with Gasteiger partial charge < -0.3 is 19.6 Å². The molecule has 0 unspecified atom stereocenters. The van der Waals surface area contributed by atoms with Crippen LogP contribution >= 0.6 is 0 Å². The molecule has 1 amide bonds. The van der Waals surface area contributed by atoms with Crippen LogP contribution in [0.4, 0.5) is 5.69 Å². The summed E-state index contributed by atoms with van der Waals surface area (Å²) in [6, 6.07) is 8.06. The summed E-state index contributed by atoms with van der Waals surface area (Å²) < 4.78 is 10.0. The van der Waals surface area contributed by atoms with Crippen LogP contribution in [0, 0.1) is 6.92 Å². The highest BCUT2D eigenvalue weighted by Crippen LogP contribution is 2.17. The van der Waals surface area contributed by atoms with Gasteiger partial charge in [0.2, 0.25) is 0 Å². The average Bonchev–Trinajstić information content (AvgIpc) is 2.85. The minimum Gasteiger partial charge on any atom is -0.482 e. The molecule has 1 aromatic carbocycles. The largest absolute Gasteiger partial charge is 0.482 e. The highest BCUT2D eigenvalue weighted by Gasteiger charge is 2.09. The molecule has 2 aromatic rings. The van der Waals surface area contributed by atoms with Gasteiger partial charge in [0, 0.05) is 5.69 Å². The van der Waals surface area contributed by atoms with E-state index >= 15 is 0 Å². The van der Waals surface area contributed by atoms with Gasteiger partial charge in [0.05, 0.1) is 5.56 Å². The van der Waals surface area contributed by atoms with Crippen LogP contribution in [-0.2, 0) is 4.79 Å². The van der Waals surface area contributed by atoms with Gasteiger partial charge in [-0.1, -0.05) is 0 Å². The van der Waals surface area contributed by atoms with E-state index < -0.39 is 12.6 Å². The number of hydrogen-bond donors (Lipinski definition) is 2. The first-order valence-electron chi connectivity index (χ1n) is 5.86. The van der Waals surface area contributed by atoms with E-state index in [0.29, 0.717) is 22.8 Å². The Morgan fingerprint density at radius 1 is 1.30 bits per heavy atom. The summed E-state index contributed by atoms with van der Waals surface area (Å²) in [5.41, 5.74) is 1.02. The van der Waals surface area contributed by atoms with E-state index in [1.165, 1.54) is 6.26 Å². The van der Waals surface area contributed by atoms with Crippen molar-refractivity contribution in [1.82, 2.24) is 0 Å². The lowest BCUT2D eigenvalue weighted by Gasteiger charge is -2.06. The highest BCUT2D eigenvalue weighted by atomic mass is 16.5. The van der Waals surface area contributed by atoms with Gasteiger partial charge in [0.25, 0.3) is 5.91 Å².